The molecule has 0 aromatic heterocycles. The Kier molecular flexibility index (Phi) is 4.00. The molecule has 1 aliphatic rings. The molecule has 1 aliphatic carbocycles. The smallest absolute Gasteiger partial charge is 0.269 e. The topological polar surface area (TPSA) is 72.2 Å². The van der Waals surface area contributed by atoms with E-state index in [0.717, 1.165) is 5.56 Å². The number of alkyl halides is 2. The van der Waals surface area contributed by atoms with Crippen LogP contribution in [-0.2, 0) is 0 Å². The molecule has 0 saturated heterocycles. The van der Waals surface area contributed by atoms with Crippen molar-refractivity contribution in [3.05, 3.63) is 69.8 Å². The first kappa shape index (κ1) is 15.8. The van der Waals surface area contributed by atoms with Gasteiger partial charge in [0.05, 0.1) is 4.92 Å². The Morgan fingerprint density at radius 1 is 1.17 bits per heavy atom. The molecule has 1 amide bonds. The van der Waals surface area contributed by atoms with Gasteiger partial charge >= 0.3 is 0 Å². The first-order valence-corrected chi connectivity index (χ1v) is 7.66. The number of para-hydroxylation sites is 1. The van der Waals surface area contributed by atoms with E-state index in [1.54, 1.807) is 6.07 Å². The third kappa shape index (κ3) is 3.30. The average Bonchev–Trinajstić information content (AvgIpc) is 3.16. The van der Waals surface area contributed by atoms with Crippen molar-refractivity contribution in [2.45, 2.75) is 16.7 Å². The fourth-order valence-corrected chi connectivity index (χ4v) is 2.94. The van der Waals surface area contributed by atoms with Gasteiger partial charge < -0.3 is 5.32 Å². The van der Waals surface area contributed by atoms with Gasteiger partial charge in [0.2, 0.25) is 0 Å². The lowest BCUT2D eigenvalue weighted by Crippen LogP contribution is -2.13. The van der Waals surface area contributed by atoms with Crippen LogP contribution >= 0.6 is 23.2 Å². The highest BCUT2D eigenvalue weighted by Gasteiger charge is 2.53. The number of nitrogens with zero attached hydrogens (tertiary/aromatic N) is 1. The highest BCUT2D eigenvalue weighted by Crippen LogP contribution is 2.60. The second-order valence-electron chi connectivity index (χ2n) is 5.36. The van der Waals surface area contributed by atoms with Crippen LogP contribution in [0.4, 0.5) is 11.4 Å². The maximum atomic E-state index is 12.3. The van der Waals surface area contributed by atoms with Crippen molar-refractivity contribution in [3.8, 4) is 0 Å². The Morgan fingerprint density at radius 2 is 1.78 bits per heavy atom. The molecule has 0 aliphatic heterocycles. The lowest BCUT2D eigenvalue weighted by atomic mass is 10.1. The minimum atomic E-state index is -0.784. The van der Waals surface area contributed by atoms with Gasteiger partial charge in [-0.2, -0.15) is 0 Å². The van der Waals surface area contributed by atoms with Crippen LogP contribution in [0, 0.1) is 10.1 Å². The molecule has 2 aromatic carbocycles. The zero-order valence-corrected chi connectivity index (χ0v) is 13.3. The van der Waals surface area contributed by atoms with E-state index in [0.29, 0.717) is 17.7 Å². The van der Waals surface area contributed by atoms with Crippen molar-refractivity contribution in [2.75, 3.05) is 5.32 Å². The number of benzene rings is 2. The first-order chi connectivity index (χ1) is 10.9. The number of hydrogen-bond donors (Lipinski definition) is 1. The van der Waals surface area contributed by atoms with Gasteiger partial charge in [-0.15, -0.1) is 23.2 Å². The van der Waals surface area contributed by atoms with Crippen LogP contribution in [0.1, 0.15) is 28.3 Å². The van der Waals surface area contributed by atoms with E-state index in [1.807, 2.05) is 18.2 Å². The molecule has 0 bridgehead atoms. The molecular weight excluding hydrogens is 339 g/mol. The average molecular weight is 351 g/mol. The van der Waals surface area contributed by atoms with Gasteiger partial charge in [0.1, 0.15) is 4.33 Å². The Balaban J connectivity index is 1.80. The molecule has 1 atom stereocenters. The maximum Gasteiger partial charge on any atom is 0.269 e. The zero-order valence-electron chi connectivity index (χ0n) is 11.8. The molecule has 0 unspecified atom stereocenters. The Bertz CT molecular complexity index is 775. The molecule has 23 heavy (non-hydrogen) atoms. The summed E-state index contributed by atoms with van der Waals surface area (Å²) >= 11 is 12.2. The van der Waals surface area contributed by atoms with Crippen LogP contribution in [0.2, 0.25) is 0 Å². The van der Waals surface area contributed by atoms with Crippen LogP contribution in [0.25, 0.3) is 0 Å². The van der Waals surface area contributed by atoms with Crippen LogP contribution in [0.3, 0.4) is 0 Å². The van der Waals surface area contributed by atoms with Crippen LogP contribution in [0.5, 0.6) is 0 Å². The van der Waals surface area contributed by atoms with E-state index < -0.39 is 9.26 Å². The number of rotatable bonds is 4. The second-order valence-corrected chi connectivity index (χ2v) is 6.91. The number of amides is 1. The third-order valence-electron chi connectivity index (χ3n) is 3.75. The summed E-state index contributed by atoms with van der Waals surface area (Å²) < 4.78 is -0.784. The van der Waals surface area contributed by atoms with E-state index in [4.69, 9.17) is 23.2 Å². The monoisotopic (exact) mass is 350 g/mol. The van der Waals surface area contributed by atoms with Gasteiger partial charge in [-0.3, -0.25) is 14.9 Å². The number of carbonyl (C=O) groups is 1. The standard InChI is InChI=1S/C16H12Cl2N2O3/c17-16(18)9-13(16)12-3-1-2-4-14(12)19-15(21)10-5-7-11(8-6-10)20(22)23/h1-8,13H,9H2,(H,19,21)/t13-/m1/s1. The fourth-order valence-electron chi connectivity index (χ4n) is 2.39. The highest BCUT2D eigenvalue weighted by molar-refractivity contribution is 6.51. The van der Waals surface area contributed by atoms with Gasteiger partial charge in [-0.05, 0) is 30.2 Å². The van der Waals surface area contributed by atoms with E-state index >= 15 is 0 Å². The van der Waals surface area contributed by atoms with Gasteiger partial charge in [-0.25, -0.2) is 0 Å². The van der Waals surface area contributed by atoms with Crippen molar-refractivity contribution >= 4 is 40.5 Å². The lowest BCUT2D eigenvalue weighted by Gasteiger charge is -2.11. The summed E-state index contributed by atoms with van der Waals surface area (Å²) in [6.07, 6.45) is 0.639. The zero-order chi connectivity index (χ0) is 16.6. The number of carbonyl (C=O) groups excluding carboxylic acids is 1. The molecule has 1 N–H and O–H groups in total. The summed E-state index contributed by atoms with van der Waals surface area (Å²) in [5.41, 5.74) is 1.80. The number of nitrogens with one attached hydrogen (secondary N) is 1. The quantitative estimate of drug-likeness (QED) is 0.500. The predicted molar refractivity (Wildman–Crippen MR) is 89.3 cm³/mol. The minimum absolute atomic E-state index is 0.0146. The van der Waals surface area contributed by atoms with Crippen molar-refractivity contribution in [3.63, 3.8) is 0 Å². The minimum Gasteiger partial charge on any atom is -0.322 e. The van der Waals surface area contributed by atoms with E-state index in [-0.39, 0.29) is 17.5 Å². The third-order valence-corrected chi connectivity index (χ3v) is 4.59. The maximum absolute atomic E-state index is 12.3. The molecule has 2 aromatic rings. The Labute approximate surface area is 142 Å². The predicted octanol–water partition coefficient (Wildman–Crippen LogP) is 4.51. The van der Waals surface area contributed by atoms with E-state index in [2.05, 4.69) is 5.32 Å². The van der Waals surface area contributed by atoms with Crippen molar-refractivity contribution in [1.82, 2.24) is 0 Å². The molecule has 1 fully saturated rings. The van der Waals surface area contributed by atoms with Crippen molar-refractivity contribution in [2.24, 2.45) is 0 Å². The summed E-state index contributed by atoms with van der Waals surface area (Å²) in [7, 11) is 0. The van der Waals surface area contributed by atoms with E-state index in [9.17, 15) is 14.9 Å². The number of non-ortho nitro benzene ring substituents is 1. The van der Waals surface area contributed by atoms with Crippen LogP contribution in [-0.4, -0.2) is 15.2 Å². The normalized spacial score (nSPS) is 18.3. The van der Waals surface area contributed by atoms with Crippen molar-refractivity contribution < 1.29 is 9.72 Å². The number of anilines is 1. The lowest BCUT2D eigenvalue weighted by molar-refractivity contribution is -0.384. The fraction of sp³-hybridized carbons (Fsp3) is 0.188. The molecule has 0 spiro atoms. The largest absolute Gasteiger partial charge is 0.322 e. The molecule has 1 saturated carbocycles. The first-order valence-electron chi connectivity index (χ1n) is 6.91. The van der Waals surface area contributed by atoms with E-state index in [1.165, 1.54) is 24.3 Å². The number of hydrogen-bond acceptors (Lipinski definition) is 3. The number of nitro benzene ring substituents is 1. The molecular formula is C16H12Cl2N2O3. The van der Waals surface area contributed by atoms with Crippen molar-refractivity contribution in [1.29, 1.82) is 0 Å². The second kappa shape index (κ2) is 5.83. The Hall–Kier alpha value is -2.11. The summed E-state index contributed by atoms with van der Waals surface area (Å²) in [6, 6.07) is 12.7. The summed E-state index contributed by atoms with van der Waals surface area (Å²) in [5, 5.41) is 13.4. The molecule has 5 nitrogen and oxygen atoms in total. The van der Waals surface area contributed by atoms with Gasteiger partial charge in [-0.1, -0.05) is 18.2 Å². The van der Waals surface area contributed by atoms with Gasteiger partial charge in [0.25, 0.3) is 11.6 Å². The Morgan fingerprint density at radius 3 is 2.35 bits per heavy atom. The van der Waals surface area contributed by atoms with Gasteiger partial charge in [0, 0.05) is 29.3 Å². The number of nitro groups is 1. The molecule has 118 valence electrons. The number of halogens is 2. The summed E-state index contributed by atoms with van der Waals surface area (Å²) in [5.74, 6) is -0.359. The van der Waals surface area contributed by atoms with Crippen LogP contribution in [0.15, 0.2) is 48.5 Å². The van der Waals surface area contributed by atoms with Crippen LogP contribution < -0.4 is 5.32 Å². The molecule has 0 radical (unpaired) electrons. The molecule has 7 heteroatoms. The molecule has 0 heterocycles. The summed E-state index contributed by atoms with van der Waals surface area (Å²) in [6.45, 7) is 0. The SMILES string of the molecule is O=C(Nc1ccccc1[C@H]1CC1(Cl)Cl)c1ccc([N+](=O)[O-])cc1. The van der Waals surface area contributed by atoms with Gasteiger partial charge in [0.15, 0.2) is 0 Å². The highest BCUT2D eigenvalue weighted by atomic mass is 35.5. The molecule has 3 rings (SSSR count). The summed E-state index contributed by atoms with van der Waals surface area (Å²) in [4.78, 5) is 22.4.